The summed E-state index contributed by atoms with van der Waals surface area (Å²) in [6, 6.07) is 0. The van der Waals surface area contributed by atoms with E-state index in [0.717, 1.165) is 18.6 Å². The Balaban J connectivity index is 3.09. The SMILES string of the molecule is CC(C)CCC=CCC=O. The minimum atomic E-state index is 0.568. The van der Waals surface area contributed by atoms with E-state index in [0.29, 0.717) is 6.42 Å². The Kier molecular flexibility index (Phi) is 6.14. The van der Waals surface area contributed by atoms with Crippen LogP contribution in [0.4, 0.5) is 0 Å². The second-order valence-electron chi connectivity index (χ2n) is 2.84. The molecule has 0 amide bonds. The maximum Gasteiger partial charge on any atom is 0.123 e. The summed E-state index contributed by atoms with van der Waals surface area (Å²) in [5, 5.41) is 0. The van der Waals surface area contributed by atoms with E-state index in [1.54, 1.807) is 0 Å². The molecule has 1 nitrogen and oxygen atoms in total. The molecule has 0 heterocycles. The van der Waals surface area contributed by atoms with Crippen molar-refractivity contribution in [3.8, 4) is 0 Å². The zero-order chi connectivity index (χ0) is 7.82. The van der Waals surface area contributed by atoms with Crippen LogP contribution in [0, 0.1) is 5.92 Å². The largest absolute Gasteiger partial charge is 0.303 e. The van der Waals surface area contributed by atoms with Gasteiger partial charge in [-0.05, 0) is 18.8 Å². The molecule has 0 unspecified atom stereocenters. The molecule has 1 heteroatoms. The molecule has 0 spiro atoms. The van der Waals surface area contributed by atoms with Gasteiger partial charge in [0, 0.05) is 6.42 Å². The Morgan fingerprint density at radius 1 is 1.30 bits per heavy atom. The van der Waals surface area contributed by atoms with Crippen molar-refractivity contribution in [3.05, 3.63) is 12.2 Å². The first-order valence-electron chi connectivity index (χ1n) is 3.86. The molecule has 0 saturated carbocycles. The van der Waals surface area contributed by atoms with Crippen molar-refractivity contribution in [1.82, 2.24) is 0 Å². The van der Waals surface area contributed by atoms with E-state index >= 15 is 0 Å². The summed E-state index contributed by atoms with van der Waals surface area (Å²) in [7, 11) is 0. The summed E-state index contributed by atoms with van der Waals surface area (Å²) in [5.41, 5.74) is 0. The van der Waals surface area contributed by atoms with Gasteiger partial charge in [-0.1, -0.05) is 26.0 Å². The average Bonchev–Trinajstić information content (AvgIpc) is 1.87. The average molecular weight is 140 g/mol. The Hall–Kier alpha value is -0.590. The maximum atomic E-state index is 9.85. The van der Waals surface area contributed by atoms with E-state index in [-0.39, 0.29) is 0 Å². The molecule has 0 aliphatic carbocycles. The van der Waals surface area contributed by atoms with Gasteiger partial charge in [-0.25, -0.2) is 0 Å². The lowest BCUT2D eigenvalue weighted by Crippen LogP contribution is -1.83. The summed E-state index contributed by atoms with van der Waals surface area (Å²) < 4.78 is 0. The van der Waals surface area contributed by atoms with E-state index in [1.807, 2.05) is 6.08 Å². The van der Waals surface area contributed by atoms with Gasteiger partial charge < -0.3 is 4.79 Å². The summed E-state index contributed by atoms with van der Waals surface area (Å²) >= 11 is 0. The number of hydrogen-bond acceptors (Lipinski definition) is 1. The molecule has 0 radical (unpaired) electrons. The highest BCUT2D eigenvalue weighted by Gasteiger charge is 1.88. The number of aldehydes is 1. The lowest BCUT2D eigenvalue weighted by Gasteiger charge is -1.97. The van der Waals surface area contributed by atoms with Crippen LogP contribution in [0.25, 0.3) is 0 Å². The van der Waals surface area contributed by atoms with Crippen LogP contribution in [0.3, 0.4) is 0 Å². The number of allylic oxidation sites excluding steroid dienone is 2. The fourth-order valence-corrected chi connectivity index (χ4v) is 0.699. The van der Waals surface area contributed by atoms with Crippen LogP contribution < -0.4 is 0 Å². The monoisotopic (exact) mass is 140 g/mol. The van der Waals surface area contributed by atoms with Crippen molar-refractivity contribution in [2.24, 2.45) is 5.92 Å². The van der Waals surface area contributed by atoms with Gasteiger partial charge in [-0.15, -0.1) is 0 Å². The second-order valence-corrected chi connectivity index (χ2v) is 2.84. The molecule has 0 rings (SSSR count). The zero-order valence-electron chi connectivity index (χ0n) is 6.84. The first-order valence-corrected chi connectivity index (χ1v) is 3.86. The number of carbonyl (C=O) groups excluding carboxylic acids is 1. The van der Waals surface area contributed by atoms with Gasteiger partial charge in [0.2, 0.25) is 0 Å². The van der Waals surface area contributed by atoms with E-state index in [9.17, 15) is 4.79 Å². The minimum Gasteiger partial charge on any atom is -0.303 e. The number of rotatable bonds is 5. The van der Waals surface area contributed by atoms with Crippen LogP contribution in [0.5, 0.6) is 0 Å². The molecule has 0 aromatic carbocycles. The van der Waals surface area contributed by atoms with Gasteiger partial charge in [-0.2, -0.15) is 0 Å². The molecular weight excluding hydrogens is 124 g/mol. The Labute approximate surface area is 63.1 Å². The van der Waals surface area contributed by atoms with Gasteiger partial charge in [0.1, 0.15) is 6.29 Å². The molecule has 0 fully saturated rings. The highest BCUT2D eigenvalue weighted by molar-refractivity contribution is 5.51. The van der Waals surface area contributed by atoms with Crippen molar-refractivity contribution in [2.75, 3.05) is 0 Å². The van der Waals surface area contributed by atoms with Gasteiger partial charge in [0.15, 0.2) is 0 Å². The van der Waals surface area contributed by atoms with Crippen LogP contribution in [-0.4, -0.2) is 6.29 Å². The lowest BCUT2D eigenvalue weighted by molar-refractivity contribution is -0.107. The molecule has 0 aromatic heterocycles. The smallest absolute Gasteiger partial charge is 0.123 e. The van der Waals surface area contributed by atoms with E-state index < -0.39 is 0 Å². The van der Waals surface area contributed by atoms with Crippen LogP contribution in [0.1, 0.15) is 33.1 Å². The van der Waals surface area contributed by atoms with Crippen LogP contribution >= 0.6 is 0 Å². The number of carbonyl (C=O) groups is 1. The summed E-state index contributed by atoms with van der Waals surface area (Å²) in [4.78, 5) is 9.85. The van der Waals surface area contributed by atoms with E-state index in [4.69, 9.17) is 0 Å². The highest BCUT2D eigenvalue weighted by Crippen LogP contribution is 2.03. The van der Waals surface area contributed by atoms with Crippen molar-refractivity contribution in [1.29, 1.82) is 0 Å². The third kappa shape index (κ3) is 7.41. The van der Waals surface area contributed by atoms with Crippen molar-refractivity contribution in [3.63, 3.8) is 0 Å². The fraction of sp³-hybridized carbons (Fsp3) is 0.667. The maximum absolute atomic E-state index is 9.85. The second kappa shape index (κ2) is 6.53. The van der Waals surface area contributed by atoms with Crippen LogP contribution in [0.15, 0.2) is 12.2 Å². The zero-order valence-corrected chi connectivity index (χ0v) is 6.84. The van der Waals surface area contributed by atoms with E-state index in [2.05, 4.69) is 19.9 Å². The molecule has 0 aliphatic heterocycles. The van der Waals surface area contributed by atoms with Crippen molar-refractivity contribution in [2.45, 2.75) is 33.1 Å². The summed E-state index contributed by atoms with van der Waals surface area (Å²) in [6.45, 7) is 4.40. The predicted octanol–water partition coefficient (Wildman–Crippen LogP) is 2.57. The van der Waals surface area contributed by atoms with Crippen LogP contribution in [0.2, 0.25) is 0 Å². The molecule has 0 aliphatic rings. The predicted molar refractivity (Wildman–Crippen MR) is 43.9 cm³/mol. The van der Waals surface area contributed by atoms with Gasteiger partial charge in [0.05, 0.1) is 0 Å². The minimum absolute atomic E-state index is 0.568. The standard InChI is InChI=1S/C9H16O/c1-9(2)7-5-3-4-6-8-10/h3-4,8-9H,5-7H2,1-2H3. The van der Waals surface area contributed by atoms with Crippen LogP contribution in [-0.2, 0) is 4.79 Å². The van der Waals surface area contributed by atoms with Crippen molar-refractivity contribution >= 4 is 6.29 Å². The van der Waals surface area contributed by atoms with Crippen molar-refractivity contribution < 1.29 is 4.79 Å². The quantitative estimate of drug-likeness (QED) is 0.423. The Morgan fingerprint density at radius 2 is 2.00 bits per heavy atom. The molecular formula is C9H16O. The summed E-state index contributed by atoms with van der Waals surface area (Å²) in [6.07, 6.45) is 7.81. The van der Waals surface area contributed by atoms with E-state index in [1.165, 1.54) is 6.42 Å². The summed E-state index contributed by atoms with van der Waals surface area (Å²) in [5.74, 6) is 0.765. The topological polar surface area (TPSA) is 17.1 Å². The van der Waals surface area contributed by atoms with Gasteiger partial charge >= 0.3 is 0 Å². The first-order chi connectivity index (χ1) is 4.77. The highest BCUT2D eigenvalue weighted by atomic mass is 16.1. The molecule has 0 bridgehead atoms. The normalized spacial score (nSPS) is 11.1. The molecule has 10 heavy (non-hydrogen) atoms. The molecule has 0 N–H and O–H groups in total. The fourth-order valence-electron chi connectivity index (χ4n) is 0.699. The molecule has 0 aromatic rings. The Bertz CT molecular complexity index is 103. The molecule has 0 saturated heterocycles. The number of hydrogen-bond donors (Lipinski definition) is 0. The lowest BCUT2D eigenvalue weighted by atomic mass is 10.1. The molecule has 58 valence electrons. The van der Waals surface area contributed by atoms with Gasteiger partial charge in [0.25, 0.3) is 0 Å². The first kappa shape index (κ1) is 9.41. The Morgan fingerprint density at radius 3 is 2.50 bits per heavy atom. The third-order valence-corrected chi connectivity index (χ3v) is 1.31. The van der Waals surface area contributed by atoms with Gasteiger partial charge in [-0.3, -0.25) is 0 Å². The third-order valence-electron chi connectivity index (χ3n) is 1.31. The molecule has 0 atom stereocenters.